The first-order valence-electron chi connectivity index (χ1n) is 3.44. The Bertz CT molecular complexity index is 35.3. The molecule has 8 heavy (non-hydrogen) atoms. The third-order valence-electron chi connectivity index (χ3n) is 0.471. The van der Waals surface area contributed by atoms with Gasteiger partial charge in [-0.25, -0.2) is 0 Å². The highest BCUT2D eigenvalue weighted by atomic mass is 13.6. The Balaban J connectivity index is 0. The molecule has 0 N–H and O–H groups in total. The van der Waals surface area contributed by atoms with Gasteiger partial charge >= 0.3 is 0 Å². The van der Waals surface area contributed by atoms with Crippen molar-refractivity contribution in [2.75, 3.05) is 0 Å². The van der Waals surface area contributed by atoms with Crippen LogP contribution in [0.15, 0.2) is 12.2 Å². The van der Waals surface area contributed by atoms with E-state index in [-0.39, 0.29) is 0 Å². The van der Waals surface area contributed by atoms with Crippen LogP contribution in [0.4, 0.5) is 0 Å². The lowest BCUT2D eigenvalue weighted by Gasteiger charge is -1.65. The first kappa shape index (κ1) is 10.7. The predicted octanol–water partition coefficient (Wildman–Crippen LogP) is 3.39. The molecule has 0 radical (unpaired) electrons. The van der Waals surface area contributed by atoms with Crippen LogP contribution >= 0.6 is 0 Å². The van der Waals surface area contributed by atoms with Crippen molar-refractivity contribution in [2.24, 2.45) is 0 Å². The molecule has 0 aromatic rings. The normalized spacial score (nSPS) is 8.50. The van der Waals surface area contributed by atoms with Crippen molar-refractivity contribution in [3.8, 4) is 0 Å². The van der Waals surface area contributed by atoms with E-state index < -0.39 is 0 Å². The minimum Gasteiger partial charge on any atom is -0.0917 e. The van der Waals surface area contributed by atoms with Crippen molar-refractivity contribution in [1.82, 2.24) is 0 Å². The zero-order valence-corrected chi connectivity index (χ0v) is 6.57. The lowest BCUT2D eigenvalue weighted by atomic mass is 10.4. The van der Waals surface area contributed by atoms with Crippen LogP contribution in [0.3, 0.4) is 0 Å². The summed E-state index contributed by atoms with van der Waals surface area (Å²) >= 11 is 0. The van der Waals surface area contributed by atoms with Crippen molar-refractivity contribution in [1.29, 1.82) is 0 Å². The van der Waals surface area contributed by atoms with Crippen molar-refractivity contribution < 1.29 is 0 Å². The average molecular weight is 114 g/mol. The van der Waals surface area contributed by atoms with E-state index in [4.69, 9.17) is 0 Å². The second-order valence-electron chi connectivity index (χ2n) is 1.68. The summed E-state index contributed by atoms with van der Waals surface area (Å²) < 4.78 is 0. The molecule has 0 saturated carbocycles. The Morgan fingerprint density at radius 1 is 1.12 bits per heavy atom. The fourth-order valence-corrected chi connectivity index (χ4v) is 0.236. The fraction of sp³-hybridized carbons (Fsp3) is 0.750. The molecule has 0 unspecified atom stereocenters. The third-order valence-corrected chi connectivity index (χ3v) is 0.471. The molecule has 0 heterocycles. The van der Waals surface area contributed by atoms with E-state index in [1.807, 2.05) is 6.92 Å². The van der Waals surface area contributed by atoms with E-state index in [0.29, 0.717) is 0 Å². The van der Waals surface area contributed by atoms with Gasteiger partial charge in [0.15, 0.2) is 0 Å². The quantitative estimate of drug-likeness (QED) is 0.458. The minimum atomic E-state index is 1.16. The zero-order valence-electron chi connectivity index (χ0n) is 6.57. The summed E-state index contributed by atoms with van der Waals surface area (Å²) in [6.45, 7) is 8.41. The molecule has 0 aliphatic rings. The third kappa shape index (κ3) is 42.6. The second-order valence-corrected chi connectivity index (χ2v) is 1.68. The molecule has 0 rings (SSSR count). The van der Waals surface area contributed by atoms with Gasteiger partial charge < -0.3 is 0 Å². The molecule has 0 aromatic heterocycles. The van der Waals surface area contributed by atoms with Gasteiger partial charge in [0.1, 0.15) is 0 Å². The highest BCUT2D eigenvalue weighted by Crippen LogP contribution is 1.73. The van der Waals surface area contributed by atoms with Gasteiger partial charge in [0.25, 0.3) is 0 Å². The molecule has 0 aromatic carbocycles. The summed E-state index contributed by atoms with van der Waals surface area (Å²) in [5, 5.41) is 0. The van der Waals surface area contributed by atoms with E-state index in [9.17, 15) is 0 Å². The van der Waals surface area contributed by atoms with Crippen LogP contribution in [-0.4, -0.2) is 0 Å². The molecule has 0 spiro atoms. The van der Waals surface area contributed by atoms with Gasteiger partial charge in [0.2, 0.25) is 0 Å². The molecular weight excluding hydrogens is 96.1 g/mol. The Hall–Kier alpha value is -0.260. The molecule has 0 aliphatic carbocycles. The molecule has 0 nitrogen and oxygen atoms in total. The molecule has 0 fully saturated rings. The van der Waals surface area contributed by atoms with Gasteiger partial charge in [-0.1, -0.05) is 39.3 Å². The highest BCUT2D eigenvalue weighted by molar-refractivity contribution is 4.73. The summed E-state index contributed by atoms with van der Waals surface area (Å²) in [5.74, 6) is 0. The van der Waals surface area contributed by atoms with Crippen LogP contribution in [0.2, 0.25) is 0 Å². The van der Waals surface area contributed by atoms with E-state index >= 15 is 0 Å². The summed E-state index contributed by atoms with van der Waals surface area (Å²) in [5.41, 5.74) is 0. The Morgan fingerprint density at radius 3 is 1.50 bits per heavy atom. The Labute approximate surface area is 53.6 Å². The lowest BCUT2D eigenvalue weighted by Crippen LogP contribution is -1.43. The largest absolute Gasteiger partial charge is 0.0917 e. The number of hydrogen-bond donors (Lipinski definition) is 0. The first-order valence-corrected chi connectivity index (χ1v) is 3.44. The van der Waals surface area contributed by atoms with E-state index in [2.05, 4.69) is 32.9 Å². The van der Waals surface area contributed by atoms with Crippen molar-refractivity contribution in [3.63, 3.8) is 0 Å². The molecule has 0 amide bonds. The fourth-order valence-electron chi connectivity index (χ4n) is 0.236. The standard InChI is InChI=1S/C5H10.C3H8/c1-3-5-4-2;1-3-2/h3,5H,4H2,1-2H3;3H2,1-2H3/b5-3-;. The summed E-state index contributed by atoms with van der Waals surface area (Å²) in [6, 6.07) is 0. The summed E-state index contributed by atoms with van der Waals surface area (Å²) in [4.78, 5) is 0. The molecule has 50 valence electrons. The van der Waals surface area contributed by atoms with Crippen LogP contribution in [0.1, 0.15) is 40.5 Å². The lowest BCUT2D eigenvalue weighted by molar-refractivity contribution is 1.09. The highest BCUT2D eigenvalue weighted by Gasteiger charge is 1.52. The number of allylic oxidation sites excluding steroid dienone is 2. The van der Waals surface area contributed by atoms with E-state index in [1.165, 1.54) is 6.42 Å². The summed E-state index contributed by atoms with van der Waals surface area (Å²) in [6.07, 6.45) is 6.59. The Morgan fingerprint density at radius 2 is 1.50 bits per heavy atom. The van der Waals surface area contributed by atoms with Crippen LogP contribution in [0.5, 0.6) is 0 Å². The van der Waals surface area contributed by atoms with E-state index in [1.54, 1.807) is 0 Å². The average Bonchev–Trinajstić information content (AvgIpc) is 1.71. The molecule has 0 aliphatic heterocycles. The summed E-state index contributed by atoms with van der Waals surface area (Å²) in [7, 11) is 0. The van der Waals surface area contributed by atoms with Crippen LogP contribution in [0, 0.1) is 0 Å². The zero-order chi connectivity index (χ0) is 6.83. The van der Waals surface area contributed by atoms with Gasteiger partial charge in [0, 0.05) is 0 Å². The SMILES string of the molecule is C/C=C\CC.CCC. The van der Waals surface area contributed by atoms with Crippen molar-refractivity contribution in [2.45, 2.75) is 40.5 Å². The van der Waals surface area contributed by atoms with Gasteiger partial charge in [0.05, 0.1) is 0 Å². The predicted molar refractivity (Wildman–Crippen MR) is 41.1 cm³/mol. The van der Waals surface area contributed by atoms with Gasteiger partial charge in [-0.2, -0.15) is 0 Å². The van der Waals surface area contributed by atoms with Gasteiger partial charge in [-0.3, -0.25) is 0 Å². The maximum absolute atomic E-state index is 2.12. The second kappa shape index (κ2) is 15.9. The maximum atomic E-state index is 2.12. The number of hydrogen-bond acceptors (Lipinski definition) is 0. The molecular formula is C8H18. The van der Waals surface area contributed by atoms with Gasteiger partial charge in [-0.05, 0) is 13.3 Å². The molecule has 0 heteroatoms. The van der Waals surface area contributed by atoms with Crippen molar-refractivity contribution in [3.05, 3.63) is 12.2 Å². The van der Waals surface area contributed by atoms with Gasteiger partial charge in [-0.15, -0.1) is 0 Å². The minimum absolute atomic E-state index is 1.16. The van der Waals surface area contributed by atoms with Crippen LogP contribution in [0.25, 0.3) is 0 Å². The molecule has 0 saturated heterocycles. The Kier molecular flexibility index (Phi) is 21.2. The van der Waals surface area contributed by atoms with Crippen LogP contribution in [-0.2, 0) is 0 Å². The van der Waals surface area contributed by atoms with E-state index in [0.717, 1.165) is 6.42 Å². The topological polar surface area (TPSA) is 0 Å². The monoisotopic (exact) mass is 114 g/mol. The first-order chi connectivity index (χ1) is 3.83. The number of rotatable bonds is 1. The molecule has 0 atom stereocenters. The van der Waals surface area contributed by atoms with Crippen LogP contribution < -0.4 is 0 Å². The maximum Gasteiger partial charge on any atom is -0.0379 e. The van der Waals surface area contributed by atoms with Crippen molar-refractivity contribution >= 4 is 0 Å². The molecule has 0 bridgehead atoms. The smallest absolute Gasteiger partial charge is 0.0379 e.